The molecule has 2 aromatic rings. The van der Waals surface area contributed by atoms with Gasteiger partial charge in [-0.05, 0) is 69.0 Å². The van der Waals surface area contributed by atoms with Gasteiger partial charge in [-0.2, -0.15) is 26.3 Å². The number of carbonyl (C=O) groups excluding carboxylic acids is 2. The molecule has 13 heteroatoms. The highest BCUT2D eigenvalue weighted by molar-refractivity contribution is 7.14. The van der Waals surface area contributed by atoms with Crippen molar-refractivity contribution in [2.75, 3.05) is 18.4 Å². The molecule has 6 nitrogen and oxygen atoms in total. The molecule has 2 atom stereocenters. The zero-order valence-electron chi connectivity index (χ0n) is 21.3. The molecule has 214 valence electrons. The van der Waals surface area contributed by atoms with Crippen molar-refractivity contribution in [3.05, 3.63) is 46.0 Å². The Morgan fingerprint density at radius 1 is 1.03 bits per heavy atom. The van der Waals surface area contributed by atoms with Crippen LogP contribution in [0.5, 0.6) is 0 Å². The fourth-order valence-corrected chi connectivity index (χ4v) is 6.38. The molecular weight excluding hydrogens is 546 g/mol. The largest absolute Gasteiger partial charge is 0.416 e. The lowest BCUT2D eigenvalue weighted by molar-refractivity contribution is -0.143. The fourth-order valence-electron chi connectivity index (χ4n) is 5.52. The van der Waals surface area contributed by atoms with Crippen LogP contribution < -0.4 is 10.6 Å². The highest BCUT2D eigenvalue weighted by Gasteiger charge is 2.49. The van der Waals surface area contributed by atoms with Crippen molar-refractivity contribution in [2.24, 2.45) is 0 Å². The molecular formula is C26H30F6N4O2S. The van der Waals surface area contributed by atoms with Gasteiger partial charge in [0.25, 0.3) is 0 Å². The van der Waals surface area contributed by atoms with E-state index in [1.54, 1.807) is 5.38 Å². The monoisotopic (exact) mass is 576 g/mol. The number of halogens is 6. The van der Waals surface area contributed by atoms with Gasteiger partial charge in [-0.15, -0.1) is 11.3 Å². The van der Waals surface area contributed by atoms with E-state index in [2.05, 4.69) is 20.5 Å². The van der Waals surface area contributed by atoms with Gasteiger partial charge in [-0.1, -0.05) is 12.8 Å². The van der Waals surface area contributed by atoms with E-state index in [1.165, 1.54) is 6.92 Å². The second-order valence-electron chi connectivity index (χ2n) is 10.2. The molecule has 2 amide bonds. The number of hydrogen-bond donors (Lipinski definition) is 2. The highest BCUT2D eigenvalue weighted by Crippen LogP contribution is 2.45. The Bertz CT molecular complexity index is 1160. The number of alkyl halides is 6. The van der Waals surface area contributed by atoms with E-state index in [4.69, 9.17) is 0 Å². The van der Waals surface area contributed by atoms with Crippen LogP contribution in [-0.2, 0) is 33.9 Å². The van der Waals surface area contributed by atoms with Crippen molar-refractivity contribution in [3.63, 3.8) is 0 Å². The number of nitrogens with one attached hydrogen (secondary N) is 2. The third-order valence-corrected chi connectivity index (χ3v) is 8.22. The van der Waals surface area contributed by atoms with Crippen molar-refractivity contribution in [1.82, 2.24) is 15.2 Å². The molecule has 0 radical (unpaired) electrons. The summed E-state index contributed by atoms with van der Waals surface area (Å²) in [6.45, 7) is 2.63. The summed E-state index contributed by atoms with van der Waals surface area (Å²) in [6.07, 6.45) is -4.05. The van der Waals surface area contributed by atoms with Crippen LogP contribution in [0.2, 0.25) is 0 Å². The molecule has 1 aromatic heterocycles. The Morgan fingerprint density at radius 3 is 2.21 bits per heavy atom. The molecule has 0 spiro atoms. The van der Waals surface area contributed by atoms with Gasteiger partial charge >= 0.3 is 12.4 Å². The number of aromatic nitrogens is 1. The molecule has 2 unspecified atom stereocenters. The van der Waals surface area contributed by atoms with Crippen LogP contribution in [0.25, 0.3) is 0 Å². The van der Waals surface area contributed by atoms with E-state index >= 15 is 0 Å². The number of thiazole rings is 1. The van der Waals surface area contributed by atoms with Crippen molar-refractivity contribution in [2.45, 2.75) is 82.2 Å². The second-order valence-corrected chi connectivity index (χ2v) is 11.1. The van der Waals surface area contributed by atoms with Gasteiger partial charge in [0, 0.05) is 24.9 Å². The summed E-state index contributed by atoms with van der Waals surface area (Å²) in [5, 5.41) is 7.21. The Kier molecular flexibility index (Phi) is 8.60. The number of nitrogens with zero attached hydrogens (tertiary/aromatic N) is 2. The minimum Gasteiger partial charge on any atom is -0.351 e. The summed E-state index contributed by atoms with van der Waals surface area (Å²) in [6, 6.07) is 1.39. The SMILES string of the molecule is CC(=O)Nc1nc(C2(C(=O)NCc3cc(C(F)(F)F)cc(C(F)(F)F)c3)CCC(N3CCCCCC3)C2)cs1. The lowest BCUT2D eigenvalue weighted by Crippen LogP contribution is -2.44. The van der Waals surface area contributed by atoms with Crippen molar-refractivity contribution in [1.29, 1.82) is 0 Å². The number of hydrogen-bond acceptors (Lipinski definition) is 5. The molecule has 2 fully saturated rings. The summed E-state index contributed by atoms with van der Waals surface area (Å²) in [7, 11) is 0. The average Bonchev–Trinajstić information content (AvgIpc) is 3.41. The molecule has 2 heterocycles. The number of amides is 2. The summed E-state index contributed by atoms with van der Waals surface area (Å²) in [5.41, 5.74) is -3.86. The maximum absolute atomic E-state index is 13.7. The van der Waals surface area contributed by atoms with E-state index in [0.717, 1.165) is 50.1 Å². The Balaban J connectivity index is 1.61. The van der Waals surface area contributed by atoms with Crippen molar-refractivity contribution in [3.8, 4) is 0 Å². The van der Waals surface area contributed by atoms with Crippen molar-refractivity contribution >= 4 is 28.3 Å². The van der Waals surface area contributed by atoms with Crippen LogP contribution in [0.15, 0.2) is 23.6 Å². The number of rotatable bonds is 6. The third kappa shape index (κ3) is 6.92. The molecule has 0 bridgehead atoms. The molecule has 1 saturated heterocycles. The molecule has 2 aliphatic rings. The topological polar surface area (TPSA) is 74.3 Å². The normalized spacial score (nSPS) is 22.9. The fraction of sp³-hybridized carbons (Fsp3) is 0.577. The summed E-state index contributed by atoms with van der Waals surface area (Å²) < 4.78 is 79.8. The summed E-state index contributed by atoms with van der Waals surface area (Å²) in [5.74, 6) is -0.834. The maximum Gasteiger partial charge on any atom is 0.416 e. The van der Waals surface area contributed by atoms with Gasteiger partial charge < -0.3 is 15.5 Å². The van der Waals surface area contributed by atoms with Crippen LogP contribution in [0.1, 0.15) is 74.3 Å². The van der Waals surface area contributed by atoms with E-state index in [0.29, 0.717) is 42.2 Å². The highest BCUT2D eigenvalue weighted by atomic mass is 32.1. The second kappa shape index (κ2) is 11.4. The predicted octanol–water partition coefficient (Wildman–Crippen LogP) is 6.12. The molecule has 1 aliphatic heterocycles. The Hall–Kier alpha value is -2.67. The van der Waals surface area contributed by atoms with Crippen LogP contribution in [0.4, 0.5) is 31.5 Å². The number of carbonyl (C=O) groups is 2. The van der Waals surface area contributed by atoms with Gasteiger partial charge in [0.15, 0.2) is 5.13 Å². The number of anilines is 1. The van der Waals surface area contributed by atoms with Gasteiger partial charge in [-0.25, -0.2) is 4.98 Å². The first-order valence-corrected chi connectivity index (χ1v) is 13.7. The molecule has 1 saturated carbocycles. The first-order valence-electron chi connectivity index (χ1n) is 12.8. The summed E-state index contributed by atoms with van der Waals surface area (Å²) >= 11 is 1.16. The van der Waals surface area contributed by atoms with E-state index in [9.17, 15) is 35.9 Å². The zero-order chi connectivity index (χ0) is 28.4. The minimum absolute atomic E-state index is 0.0639. The lowest BCUT2D eigenvalue weighted by atomic mass is 9.81. The predicted molar refractivity (Wildman–Crippen MR) is 134 cm³/mol. The van der Waals surface area contributed by atoms with Crippen LogP contribution >= 0.6 is 11.3 Å². The Labute approximate surface area is 226 Å². The van der Waals surface area contributed by atoms with Crippen LogP contribution in [0, 0.1) is 0 Å². The quantitative estimate of drug-likeness (QED) is 0.407. The molecule has 4 rings (SSSR count). The third-order valence-electron chi connectivity index (χ3n) is 7.46. The first-order chi connectivity index (χ1) is 18.3. The van der Waals surface area contributed by atoms with E-state index in [-0.39, 0.29) is 23.6 Å². The zero-order valence-corrected chi connectivity index (χ0v) is 22.2. The standard InChI is InChI=1S/C26H30F6N4O2S/c1-16(37)34-23-35-21(15-39-23)24(7-6-20(13-24)36-8-4-2-3-5-9-36)22(38)33-14-17-10-18(25(27,28)29)12-19(11-17)26(30,31)32/h10-12,15,20H,2-9,13-14H2,1H3,(H,33,38)(H,34,35,37). The first kappa shape index (κ1) is 29.3. The molecule has 1 aliphatic carbocycles. The van der Waals surface area contributed by atoms with Crippen molar-refractivity contribution < 1.29 is 35.9 Å². The molecule has 2 N–H and O–H groups in total. The van der Waals surface area contributed by atoms with Crippen LogP contribution in [0.3, 0.4) is 0 Å². The molecule has 39 heavy (non-hydrogen) atoms. The van der Waals surface area contributed by atoms with Gasteiger partial charge in [0.05, 0.1) is 22.2 Å². The smallest absolute Gasteiger partial charge is 0.351 e. The van der Waals surface area contributed by atoms with E-state index < -0.39 is 41.3 Å². The Morgan fingerprint density at radius 2 is 1.64 bits per heavy atom. The van der Waals surface area contributed by atoms with Crippen LogP contribution in [-0.4, -0.2) is 40.8 Å². The molecule has 1 aromatic carbocycles. The van der Waals surface area contributed by atoms with E-state index in [1.807, 2.05) is 0 Å². The maximum atomic E-state index is 13.7. The average molecular weight is 577 g/mol. The van der Waals surface area contributed by atoms with Gasteiger partial charge in [-0.3, -0.25) is 9.59 Å². The van der Waals surface area contributed by atoms with Gasteiger partial charge in [0.2, 0.25) is 11.8 Å². The lowest BCUT2D eigenvalue weighted by Gasteiger charge is -2.30. The number of benzene rings is 1. The minimum atomic E-state index is -4.98. The van der Waals surface area contributed by atoms with Gasteiger partial charge in [0.1, 0.15) is 0 Å². The number of likely N-dealkylation sites (tertiary alicyclic amines) is 1. The summed E-state index contributed by atoms with van der Waals surface area (Å²) in [4.78, 5) is 32.1.